The Kier molecular flexibility index (Phi) is 5.03. The lowest BCUT2D eigenvalue weighted by molar-refractivity contribution is -0.438. The zero-order valence-electron chi connectivity index (χ0n) is 6.75. The first-order chi connectivity index (χ1) is 5.54. The van der Waals surface area contributed by atoms with Crippen molar-refractivity contribution in [2.24, 2.45) is 0 Å². The molecule has 0 aromatic carbocycles. The number of quaternary nitrogens is 1. The van der Waals surface area contributed by atoms with Crippen LogP contribution < -0.4 is 15.9 Å². The van der Waals surface area contributed by atoms with Gasteiger partial charge < -0.3 is 25.5 Å². The molecule has 70 valence electrons. The molecule has 1 unspecified atom stereocenters. The van der Waals surface area contributed by atoms with E-state index in [1.54, 1.807) is 0 Å². The molecule has 0 radical (unpaired) electrons. The van der Waals surface area contributed by atoms with Crippen LogP contribution in [0.4, 0.5) is 0 Å². The fourth-order valence-electron chi connectivity index (χ4n) is 0.778. The van der Waals surface area contributed by atoms with Gasteiger partial charge in [-0.2, -0.15) is 0 Å². The summed E-state index contributed by atoms with van der Waals surface area (Å²) in [5.74, 6) is -2.30. The number of carbonyl (C=O) groups is 2. The van der Waals surface area contributed by atoms with Gasteiger partial charge in [0.1, 0.15) is 6.04 Å². The van der Waals surface area contributed by atoms with Crippen LogP contribution >= 0.6 is 0 Å². The van der Waals surface area contributed by atoms with Gasteiger partial charge in [-0.3, -0.25) is 0 Å². The molecule has 0 aliphatic carbocycles. The Hall–Kier alpha value is -1.10. The maximum Gasteiger partial charge on any atom is 0.124 e. The van der Waals surface area contributed by atoms with Gasteiger partial charge in [-0.1, -0.05) is 0 Å². The van der Waals surface area contributed by atoms with E-state index >= 15 is 0 Å². The monoisotopic (exact) mass is 174 g/mol. The summed E-state index contributed by atoms with van der Waals surface area (Å²) in [5, 5.41) is 20.0. The fraction of sp³-hybridized carbons (Fsp3) is 0.714. The van der Waals surface area contributed by atoms with Crippen molar-refractivity contribution in [2.75, 3.05) is 0 Å². The summed E-state index contributed by atoms with van der Waals surface area (Å²) in [6, 6.07) is -0.744. The van der Waals surface area contributed by atoms with Crippen LogP contribution in [0.15, 0.2) is 0 Å². The quantitative estimate of drug-likeness (QED) is 0.424. The first-order valence-corrected chi connectivity index (χ1v) is 3.78. The number of hydrogen-bond acceptors (Lipinski definition) is 4. The van der Waals surface area contributed by atoms with Crippen molar-refractivity contribution in [1.29, 1.82) is 0 Å². The summed E-state index contributed by atoms with van der Waals surface area (Å²) in [5.41, 5.74) is 3.33. The molecular formula is C7H12NO4-. The van der Waals surface area contributed by atoms with Crippen LogP contribution in [0.5, 0.6) is 0 Å². The third-order valence-electron chi connectivity index (χ3n) is 1.52. The van der Waals surface area contributed by atoms with Crippen LogP contribution in [-0.2, 0) is 9.59 Å². The normalized spacial score (nSPS) is 12.4. The third kappa shape index (κ3) is 5.67. The maximum absolute atomic E-state index is 10.1. The van der Waals surface area contributed by atoms with E-state index in [-0.39, 0.29) is 6.42 Å². The van der Waals surface area contributed by atoms with Gasteiger partial charge in [0.15, 0.2) is 0 Å². The van der Waals surface area contributed by atoms with Crippen molar-refractivity contribution in [2.45, 2.75) is 31.7 Å². The molecule has 0 aliphatic rings. The Morgan fingerprint density at radius 1 is 1.25 bits per heavy atom. The first-order valence-electron chi connectivity index (χ1n) is 3.78. The second-order valence-electron chi connectivity index (χ2n) is 2.63. The minimum absolute atomic E-state index is 0.0280. The molecule has 0 fully saturated rings. The summed E-state index contributed by atoms with van der Waals surface area (Å²) in [4.78, 5) is 20.0. The standard InChI is InChI=1S/C7H13NO4/c8-5(7(11)12)3-1-2-4-6(9)10/h5H,1-4,8H2,(H,9,10)(H,11,12)/p-1. The molecular weight excluding hydrogens is 162 g/mol. The first kappa shape index (κ1) is 10.9. The van der Waals surface area contributed by atoms with E-state index in [4.69, 9.17) is 0 Å². The van der Waals surface area contributed by atoms with Crippen molar-refractivity contribution < 1.29 is 25.5 Å². The SMILES string of the molecule is [NH3+]C(CCCCC(=O)[O-])C(=O)[O-]. The minimum atomic E-state index is -1.19. The molecule has 5 heteroatoms. The molecule has 12 heavy (non-hydrogen) atoms. The van der Waals surface area contributed by atoms with Crippen LogP contribution in [0.1, 0.15) is 25.7 Å². The number of rotatable bonds is 6. The second-order valence-corrected chi connectivity index (χ2v) is 2.63. The van der Waals surface area contributed by atoms with Gasteiger partial charge in [0, 0.05) is 12.4 Å². The van der Waals surface area contributed by atoms with Crippen molar-refractivity contribution in [3.05, 3.63) is 0 Å². The summed E-state index contributed by atoms with van der Waals surface area (Å²) < 4.78 is 0. The zero-order valence-corrected chi connectivity index (χ0v) is 6.75. The number of carboxylic acid groups (broad SMARTS) is 2. The van der Waals surface area contributed by atoms with Gasteiger partial charge in [0.2, 0.25) is 0 Å². The van der Waals surface area contributed by atoms with E-state index in [9.17, 15) is 19.8 Å². The van der Waals surface area contributed by atoms with Gasteiger partial charge in [-0.15, -0.1) is 0 Å². The topological polar surface area (TPSA) is 108 Å². The average Bonchev–Trinajstić information content (AvgIpc) is 1.97. The number of carbonyl (C=O) groups excluding carboxylic acids is 2. The molecule has 1 atom stereocenters. The molecule has 0 rings (SSSR count). The Morgan fingerprint density at radius 3 is 2.25 bits per heavy atom. The van der Waals surface area contributed by atoms with Gasteiger partial charge in [0.05, 0.1) is 5.97 Å². The van der Waals surface area contributed by atoms with E-state index in [0.717, 1.165) is 0 Å². The molecule has 0 heterocycles. The molecule has 0 amide bonds. The fourth-order valence-corrected chi connectivity index (χ4v) is 0.778. The van der Waals surface area contributed by atoms with Crippen molar-refractivity contribution >= 4 is 11.9 Å². The van der Waals surface area contributed by atoms with E-state index in [2.05, 4.69) is 5.73 Å². The summed E-state index contributed by atoms with van der Waals surface area (Å²) in [6.45, 7) is 0. The molecule has 3 N–H and O–H groups in total. The smallest absolute Gasteiger partial charge is 0.124 e. The Balaban J connectivity index is 3.31. The molecule has 0 saturated carbocycles. The highest BCUT2D eigenvalue weighted by atomic mass is 16.4. The molecule has 5 nitrogen and oxygen atoms in total. The molecule has 0 aliphatic heterocycles. The highest BCUT2D eigenvalue weighted by Crippen LogP contribution is 1.99. The van der Waals surface area contributed by atoms with Crippen LogP contribution in [0, 0.1) is 0 Å². The van der Waals surface area contributed by atoms with Crippen LogP contribution in [-0.4, -0.2) is 18.0 Å². The van der Waals surface area contributed by atoms with Gasteiger partial charge in [0.25, 0.3) is 0 Å². The maximum atomic E-state index is 10.1. The summed E-state index contributed by atoms with van der Waals surface area (Å²) in [7, 11) is 0. The average molecular weight is 174 g/mol. The predicted molar refractivity (Wildman–Crippen MR) is 35.2 cm³/mol. The minimum Gasteiger partial charge on any atom is -0.550 e. The highest BCUT2D eigenvalue weighted by molar-refractivity contribution is 5.69. The third-order valence-corrected chi connectivity index (χ3v) is 1.52. The van der Waals surface area contributed by atoms with Crippen LogP contribution in [0.25, 0.3) is 0 Å². The Bertz CT molecular complexity index is 169. The van der Waals surface area contributed by atoms with Crippen molar-refractivity contribution in [3.8, 4) is 0 Å². The molecule has 0 saturated heterocycles. The Morgan fingerprint density at radius 2 is 1.83 bits per heavy atom. The molecule has 0 bridgehead atoms. The van der Waals surface area contributed by atoms with Crippen molar-refractivity contribution in [3.63, 3.8) is 0 Å². The van der Waals surface area contributed by atoms with Crippen molar-refractivity contribution in [1.82, 2.24) is 0 Å². The van der Waals surface area contributed by atoms with E-state index < -0.39 is 18.0 Å². The van der Waals surface area contributed by atoms with Gasteiger partial charge in [-0.05, 0) is 19.3 Å². The summed E-state index contributed by atoms with van der Waals surface area (Å²) in [6.07, 6.45) is 1.28. The number of hydrogen-bond donors (Lipinski definition) is 1. The van der Waals surface area contributed by atoms with Gasteiger partial charge >= 0.3 is 0 Å². The lowest BCUT2D eigenvalue weighted by atomic mass is 10.1. The molecule has 0 aromatic heterocycles. The number of aliphatic carboxylic acids is 2. The van der Waals surface area contributed by atoms with E-state index in [1.807, 2.05) is 0 Å². The highest BCUT2D eigenvalue weighted by Gasteiger charge is 2.05. The zero-order chi connectivity index (χ0) is 9.56. The van der Waals surface area contributed by atoms with Gasteiger partial charge in [-0.25, -0.2) is 0 Å². The van der Waals surface area contributed by atoms with E-state index in [1.165, 1.54) is 0 Å². The second kappa shape index (κ2) is 5.54. The molecule has 0 spiro atoms. The lowest BCUT2D eigenvalue weighted by Crippen LogP contribution is -2.68. The largest absolute Gasteiger partial charge is 0.550 e. The predicted octanol–water partition coefficient (Wildman–Crippen LogP) is -3.34. The van der Waals surface area contributed by atoms with Crippen LogP contribution in [0.2, 0.25) is 0 Å². The summed E-state index contributed by atoms with van der Waals surface area (Å²) >= 11 is 0. The van der Waals surface area contributed by atoms with E-state index in [0.29, 0.717) is 19.3 Å². The number of carboxylic acids is 2. The van der Waals surface area contributed by atoms with Crippen LogP contribution in [0.3, 0.4) is 0 Å². The Labute approximate surface area is 70.2 Å². The molecule has 0 aromatic rings. The lowest BCUT2D eigenvalue weighted by Gasteiger charge is -2.08. The number of unbranched alkanes of at least 4 members (excludes halogenated alkanes) is 1.